The summed E-state index contributed by atoms with van der Waals surface area (Å²) in [5.74, 6) is -5.39. The lowest BCUT2D eigenvalue weighted by atomic mass is 9.87. The normalized spacial score (nSPS) is 15.9. The van der Waals surface area contributed by atoms with E-state index in [2.05, 4.69) is 4.42 Å². The number of halogens is 5. The smallest absolute Gasteiger partial charge is 0.457 e. The minimum Gasteiger partial charge on any atom is -0.472 e. The summed E-state index contributed by atoms with van der Waals surface area (Å²) < 4.78 is 70.1. The molecule has 1 heterocycles. The molecule has 1 aromatic carbocycles. The molecule has 22 heavy (non-hydrogen) atoms. The minimum atomic E-state index is -5.93. The lowest BCUT2D eigenvalue weighted by molar-refractivity contribution is -0.334. The second-order valence-electron chi connectivity index (χ2n) is 4.59. The van der Waals surface area contributed by atoms with E-state index in [-0.39, 0.29) is 0 Å². The van der Waals surface area contributed by atoms with Crippen LogP contribution in [0.25, 0.3) is 6.08 Å². The first kappa shape index (κ1) is 16.2. The molecular formula is C15H11F5O2. The SMILES string of the molecule is OC(/C=C/c1ccccc1)(c1ccoc1)C(F)(F)C(F)(F)F. The Bertz CT molecular complexity index is 632. The van der Waals surface area contributed by atoms with Gasteiger partial charge >= 0.3 is 12.1 Å². The molecule has 0 spiro atoms. The maximum atomic E-state index is 13.8. The van der Waals surface area contributed by atoms with Gasteiger partial charge in [0.15, 0.2) is 5.60 Å². The van der Waals surface area contributed by atoms with Crippen LogP contribution in [0.4, 0.5) is 22.0 Å². The van der Waals surface area contributed by atoms with Gasteiger partial charge in [0.1, 0.15) is 0 Å². The molecule has 1 atom stereocenters. The molecule has 0 saturated heterocycles. The molecule has 0 amide bonds. The largest absolute Gasteiger partial charge is 0.472 e. The van der Waals surface area contributed by atoms with Crippen molar-refractivity contribution in [2.45, 2.75) is 17.7 Å². The topological polar surface area (TPSA) is 33.4 Å². The number of hydrogen-bond acceptors (Lipinski definition) is 2. The minimum absolute atomic E-state index is 0.363. The summed E-state index contributed by atoms with van der Waals surface area (Å²) in [6.07, 6.45) is -2.97. The van der Waals surface area contributed by atoms with Gasteiger partial charge in [-0.05, 0) is 17.7 Å². The van der Waals surface area contributed by atoms with Crippen molar-refractivity contribution in [1.82, 2.24) is 0 Å². The summed E-state index contributed by atoms with van der Waals surface area (Å²) in [4.78, 5) is 0. The Hall–Kier alpha value is -2.15. The van der Waals surface area contributed by atoms with E-state index in [1.807, 2.05) is 0 Å². The van der Waals surface area contributed by atoms with Gasteiger partial charge in [-0.3, -0.25) is 0 Å². The average Bonchev–Trinajstić information content (AvgIpc) is 2.99. The van der Waals surface area contributed by atoms with Gasteiger partial charge in [0.25, 0.3) is 0 Å². The zero-order valence-electron chi connectivity index (χ0n) is 11.0. The van der Waals surface area contributed by atoms with Crippen LogP contribution < -0.4 is 0 Å². The zero-order chi connectivity index (χ0) is 16.4. The third-order valence-electron chi connectivity index (χ3n) is 3.11. The highest BCUT2D eigenvalue weighted by Gasteiger charge is 2.70. The van der Waals surface area contributed by atoms with Gasteiger partial charge in [-0.25, -0.2) is 0 Å². The second-order valence-corrected chi connectivity index (χ2v) is 4.59. The van der Waals surface area contributed by atoms with Crippen molar-refractivity contribution in [2.24, 2.45) is 0 Å². The Morgan fingerprint density at radius 2 is 1.59 bits per heavy atom. The summed E-state index contributed by atoms with van der Waals surface area (Å²) in [6, 6.07) is 8.67. The van der Waals surface area contributed by atoms with Gasteiger partial charge in [-0.15, -0.1) is 0 Å². The van der Waals surface area contributed by atoms with Gasteiger partial charge in [0.2, 0.25) is 0 Å². The molecule has 1 aromatic heterocycles. The molecule has 1 unspecified atom stereocenters. The third kappa shape index (κ3) is 2.76. The summed E-state index contributed by atoms with van der Waals surface area (Å²) in [5, 5.41) is 10.1. The molecule has 0 saturated carbocycles. The van der Waals surface area contributed by atoms with Crippen LogP contribution >= 0.6 is 0 Å². The average molecular weight is 318 g/mol. The maximum Gasteiger partial charge on any atom is 0.457 e. The Balaban J connectivity index is 2.51. The van der Waals surface area contributed by atoms with E-state index in [9.17, 15) is 27.1 Å². The lowest BCUT2D eigenvalue weighted by Gasteiger charge is -2.33. The van der Waals surface area contributed by atoms with Crippen LogP contribution in [-0.4, -0.2) is 17.2 Å². The van der Waals surface area contributed by atoms with E-state index in [0.717, 1.165) is 18.4 Å². The zero-order valence-corrected chi connectivity index (χ0v) is 11.0. The molecular weight excluding hydrogens is 307 g/mol. The van der Waals surface area contributed by atoms with Crippen molar-refractivity contribution in [3.63, 3.8) is 0 Å². The standard InChI is InChI=1S/C15H11F5O2/c16-14(17,15(18,19)20)13(21,12-7-9-22-10-12)8-6-11-4-2-1-3-5-11/h1-10,21H/b8-6+. The van der Waals surface area contributed by atoms with Crippen LogP contribution in [0, 0.1) is 0 Å². The molecule has 1 N–H and O–H groups in total. The Morgan fingerprint density at radius 3 is 2.09 bits per heavy atom. The number of furan rings is 1. The van der Waals surface area contributed by atoms with Crippen LogP contribution in [0.5, 0.6) is 0 Å². The van der Waals surface area contributed by atoms with Crippen molar-refractivity contribution in [2.75, 3.05) is 0 Å². The molecule has 0 aliphatic rings. The molecule has 0 radical (unpaired) electrons. The van der Waals surface area contributed by atoms with Crippen molar-refractivity contribution < 1.29 is 31.5 Å². The highest BCUT2D eigenvalue weighted by atomic mass is 19.4. The van der Waals surface area contributed by atoms with Crippen LogP contribution in [0.15, 0.2) is 59.4 Å². The van der Waals surface area contributed by atoms with E-state index >= 15 is 0 Å². The first-order valence-corrected chi connectivity index (χ1v) is 6.12. The van der Waals surface area contributed by atoms with Crippen molar-refractivity contribution in [3.8, 4) is 0 Å². The highest BCUT2D eigenvalue weighted by molar-refractivity contribution is 5.52. The molecule has 2 rings (SSSR count). The van der Waals surface area contributed by atoms with E-state index < -0.39 is 23.3 Å². The number of rotatable bonds is 4. The quantitative estimate of drug-likeness (QED) is 0.849. The Morgan fingerprint density at radius 1 is 0.955 bits per heavy atom. The molecule has 118 valence electrons. The van der Waals surface area contributed by atoms with Gasteiger partial charge < -0.3 is 9.52 Å². The molecule has 2 aromatic rings. The first-order valence-electron chi connectivity index (χ1n) is 6.12. The molecule has 0 aliphatic carbocycles. The molecule has 2 nitrogen and oxygen atoms in total. The molecule has 0 bridgehead atoms. The third-order valence-corrected chi connectivity index (χ3v) is 3.11. The molecule has 0 fully saturated rings. The first-order chi connectivity index (χ1) is 10.2. The lowest BCUT2D eigenvalue weighted by Crippen LogP contribution is -2.53. The van der Waals surface area contributed by atoms with E-state index in [0.29, 0.717) is 17.9 Å². The van der Waals surface area contributed by atoms with Crippen molar-refractivity contribution in [1.29, 1.82) is 0 Å². The second kappa shape index (κ2) is 5.57. The van der Waals surface area contributed by atoms with Crippen molar-refractivity contribution in [3.05, 3.63) is 66.1 Å². The summed E-state index contributed by atoms with van der Waals surface area (Å²) >= 11 is 0. The fourth-order valence-electron chi connectivity index (χ4n) is 1.86. The number of alkyl halides is 5. The Labute approximate surface area is 122 Å². The fourth-order valence-corrected chi connectivity index (χ4v) is 1.86. The fraction of sp³-hybridized carbons (Fsp3) is 0.200. The van der Waals surface area contributed by atoms with Crippen molar-refractivity contribution >= 4 is 6.08 Å². The van der Waals surface area contributed by atoms with E-state index in [1.165, 1.54) is 12.1 Å². The van der Waals surface area contributed by atoms with Crippen LogP contribution in [0.1, 0.15) is 11.1 Å². The summed E-state index contributed by atoms with van der Waals surface area (Å²) in [7, 11) is 0. The van der Waals surface area contributed by atoms with Gasteiger partial charge in [-0.2, -0.15) is 22.0 Å². The number of benzene rings is 1. The maximum absolute atomic E-state index is 13.8. The number of hydrogen-bond donors (Lipinski definition) is 1. The Kier molecular flexibility index (Phi) is 4.10. The van der Waals surface area contributed by atoms with E-state index in [1.54, 1.807) is 18.2 Å². The van der Waals surface area contributed by atoms with Crippen LogP contribution in [0.2, 0.25) is 0 Å². The molecule has 0 aliphatic heterocycles. The summed E-state index contributed by atoms with van der Waals surface area (Å²) in [6.45, 7) is 0. The van der Waals surface area contributed by atoms with Crippen LogP contribution in [-0.2, 0) is 5.60 Å². The number of aliphatic hydroxyl groups is 1. The van der Waals surface area contributed by atoms with Gasteiger partial charge in [0, 0.05) is 5.56 Å². The van der Waals surface area contributed by atoms with Gasteiger partial charge in [0.05, 0.1) is 12.5 Å². The predicted octanol–water partition coefficient (Wildman–Crippen LogP) is 4.38. The molecule has 7 heteroatoms. The predicted molar refractivity (Wildman–Crippen MR) is 69.1 cm³/mol. The van der Waals surface area contributed by atoms with Gasteiger partial charge in [-0.1, -0.05) is 36.4 Å². The van der Waals surface area contributed by atoms with E-state index in [4.69, 9.17) is 0 Å². The highest BCUT2D eigenvalue weighted by Crippen LogP contribution is 2.49. The monoisotopic (exact) mass is 318 g/mol. The van der Waals surface area contributed by atoms with Crippen LogP contribution in [0.3, 0.4) is 0 Å². The summed E-state index contributed by atoms with van der Waals surface area (Å²) in [5.41, 5.74) is -3.90.